The molecule has 0 aliphatic heterocycles. The Morgan fingerprint density at radius 2 is 2.00 bits per heavy atom. The zero-order valence-electron chi connectivity index (χ0n) is 12.8. The van der Waals surface area contributed by atoms with E-state index in [0.29, 0.717) is 5.82 Å². The number of nitrogens with one attached hydrogen (secondary N) is 1. The van der Waals surface area contributed by atoms with Gasteiger partial charge in [0.2, 0.25) is 0 Å². The molecule has 126 valence electrons. The van der Waals surface area contributed by atoms with Crippen LogP contribution in [0, 0.1) is 11.3 Å². The molecule has 0 fully saturated rings. The second kappa shape index (κ2) is 6.69. The van der Waals surface area contributed by atoms with Crippen LogP contribution in [0.15, 0.2) is 54.9 Å². The molecule has 0 aliphatic carbocycles. The molecule has 3 rings (SSSR count). The van der Waals surface area contributed by atoms with Gasteiger partial charge in [-0.05, 0) is 29.8 Å². The van der Waals surface area contributed by atoms with E-state index >= 15 is 0 Å². The first-order chi connectivity index (χ1) is 12.0. The van der Waals surface area contributed by atoms with Gasteiger partial charge in [-0.1, -0.05) is 18.2 Å². The fourth-order valence-electron chi connectivity index (χ4n) is 2.31. The van der Waals surface area contributed by atoms with Crippen LogP contribution in [-0.4, -0.2) is 9.97 Å². The molecule has 0 spiro atoms. The van der Waals surface area contributed by atoms with Gasteiger partial charge in [0, 0.05) is 18.0 Å². The van der Waals surface area contributed by atoms with Crippen molar-refractivity contribution < 1.29 is 17.9 Å². The van der Waals surface area contributed by atoms with E-state index in [1.54, 1.807) is 18.5 Å². The summed E-state index contributed by atoms with van der Waals surface area (Å²) >= 11 is 0. The van der Waals surface area contributed by atoms with Crippen molar-refractivity contribution in [2.45, 2.75) is 12.8 Å². The molecule has 0 unspecified atom stereocenters. The molecule has 0 saturated carbocycles. The third kappa shape index (κ3) is 3.80. The van der Waals surface area contributed by atoms with Crippen LogP contribution >= 0.6 is 0 Å². The van der Waals surface area contributed by atoms with Crippen LogP contribution < -0.4 is 4.74 Å². The zero-order valence-corrected chi connectivity index (χ0v) is 12.8. The van der Waals surface area contributed by atoms with Gasteiger partial charge in [0.05, 0.1) is 11.1 Å². The van der Waals surface area contributed by atoms with Gasteiger partial charge in [0.25, 0.3) is 0 Å². The minimum atomic E-state index is -4.50. The van der Waals surface area contributed by atoms with Gasteiger partial charge in [0.1, 0.15) is 24.3 Å². The fourth-order valence-corrected chi connectivity index (χ4v) is 2.31. The van der Waals surface area contributed by atoms with Crippen LogP contribution in [0.2, 0.25) is 0 Å². The average Bonchev–Trinajstić information content (AvgIpc) is 3.14. The number of imidazole rings is 1. The maximum absolute atomic E-state index is 12.7. The minimum Gasteiger partial charge on any atom is -0.488 e. The number of nitrogens with zero attached hydrogens (tertiary/aromatic N) is 2. The van der Waals surface area contributed by atoms with Gasteiger partial charge in [-0.25, -0.2) is 4.98 Å². The van der Waals surface area contributed by atoms with Gasteiger partial charge in [-0.15, -0.1) is 0 Å². The Morgan fingerprint density at radius 3 is 2.68 bits per heavy atom. The lowest BCUT2D eigenvalue weighted by atomic mass is 10.1. The second-order valence-electron chi connectivity index (χ2n) is 5.25. The normalized spacial score (nSPS) is 11.1. The minimum absolute atomic E-state index is 0.110. The van der Waals surface area contributed by atoms with Gasteiger partial charge >= 0.3 is 6.18 Å². The predicted molar refractivity (Wildman–Crippen MR) is 84.5 cm³/mol. The lowest BCUT2D eigenvalue weighted by molar-refractivity contribution is -0.137. The van der Waals surface area contributed by atoms with Gasteiger partial charge < -0.3 is 9.72 Å². The Labute approximate surface area is 141 Å². The lowest BCUT2D eigenvalue weighted by Crippen LogP contribution is -2.06. The molecule has 2 aromatic carbocycles. The molecule has 0 saturated heterocycles. The molecule has 4 nitrogen and oxygen atoms in total. The Kier molecular flexibility index (Phi) is 4.44. The first-order valence-electron chi connectivity index (χ1n) is 7.30. The second-order valence-corrected chi connectivity index (χ2v) is 5.25. The molecule has 0 atom stereocenters. The molecule has 0 amide bonds. The molecule has 1 heterocycles. The van der Waals surface area contributed by atoms with E-state index in [0.717, 1.165) is 29.3 Å². The summed E-state index contributed by atoms with van der Waals surface area (Å²) in [6, 6.07) is 12.0. The molecule has 0 bridgehead atoms. The third-order valence-corrected chi connectivity index (χ3v) is 3.52. The highest BCUT2D eigenvalue weighted by Gasteiger charge is 2.31. The molecule has 0 aliphatic rings. The van der Waals surface area contributed by atoms with Gasteiger partial charge in [0.15, 0.2) is 0 Å². The zero-order chi connectivity index (χ0) is 17.9. The summed E-state index contributed by atoms with van der Waals surface area (Å²) in [5.41, 5.74) is 0.630. The Bertz CT molecular complexity index is 912. The standard InChI is InChI=1S/C18H12F3N3O/c19-18(20,21)15-4-5-16(14(9-15)10-22)25-11-12-2-1-3-13(8-12)17-23-6-7-24-17/h1-9H,11H2,(H,23,24). The third-order valence-electron chi connectivity index (χ3n) is 3.52. The maximum Gasteiger partial charge on any atom is 0.416 e. The summed E-state index contributed by atoms with van der Waals surface area (Å²) in [6.45, 7) is 0.120. The van der Waals surface area contributed by atoms with E-state index < -0.39 is 11.7 Å². The summed E-state index contributed by atoms with van der Waals surface area (Å²) < 4.78 is 43.7. The maximum atomic E-state index is 12.7. The van der Waals surface area contributed by atoms with Crippen LogP contribution in [0.5, 0.6) is 5.75 Å². The van der Waals surface area contributed by atoms with Crippen LogP contribution in [0.3, 0.4) is 0 Å². The van der Waals surface area contributed by atoms with Crippen LogP contribution in [-0.2, 0) is 12.8 Å². The number of hydrogen-bond acceptors (Lipinski definition) is 3. The molecule has 7 heteroatoms. The lowest BCUT2D eigenvalue weighted by Gasteiger charge is -2.11. The Hall–Kier alpha value is -3.27. The van der Waals surface area contributed by atoms with Crippen molar-refractivity contribution in [2.75, 3.05) is 0 Å². The molecular formula is C18H12F3N3O. The summed E-state index contributed by atoms with van der Waals surface area (Å²) in [5, 5.41) is 9.07. The van der Waals surface area contributed by atoms with E-state index in [9.17, 15) is 13.2 Å². The van der Waals surface area contributed by atoms with Crippen molar-refractivity contribution >= 4 is 0 Å². The van der Waals surface area contributed by atoms with Crippen molar-refractivity contribution in [2.24, 2.45) is 0 Å². The summed E-state index contributed by atoms with van der Waals surface area (Å²) in [7, 11) is 0. The van der Waals surface area contributed by atoms with Gasteiger partial charge in [-0.3, -0.25) is 0 Å². The van der Waals surface area contributed by atoms with Crippen molar-refractivity contribution in [3.63, 3.8) is 0 Å². The monoisotopic (exact) mass is 343 g/mol. The number of nitriles is 1. The largest absolute Gasteiger partial charge is 0.488 e. The number of benzene rings is 2. The Morgan fingerprint density at radius 1 is 1.16 bits per heavy atom. The van der Waals surface area contributed by atoms with Gasteiger partial charge in [-0.2, -0.15) is 18.4 Å². The van der Waals surface area contributed by atoms with Crippen molar-refractivity contribution in [3.8, 4) is 23.2 Å². The highest BCUT2D eigenvalue weighted by atomic mass is 19.4. The first-order valence-corrected chi connectivity index (χ1v) is 7.30. The topological polar surface area (TPSA) is 61.7 Å². The SMILES string of the molecule is N#Cc1cc(C(F)(F)F)ccc1OCc1cccc(-c2ncc[nH]2)c1. The molecule has 1 N–H and O–H groups in total. The number of ether oxygens (including phenoxy) is 1. The molecule has 0 radical (unpaired) electrons. The number of rotatable bonds is 4. The highest BCUT2D eigenvalue weighted by molar-refractivity contribution is 5.55. The summed E-state index contributed by atoms with van der Waals surface area (Å²) in [4.78, 5) is 7.15. The van der Waals surface area contributed by atoms with Crippen molar-refractivity contribution in [1.82, 2.24) is 9.97 Å². The quantitative estimate of drug-likeness (QED) is 0.756. The smallest absolute Gasteiger partial charge is 0.416 e. The molecule has 1 aromatic heterocycles. The van der Waals surface area contributed by atoms with Crippen LogP contribution in [0.4, 0.5) is 13.2 Å². The predicted octanol–water partition coefficient (Wildman–Crippen LogP) is 4.55. The van der Waals surface area contributed by atoms with E-state index in [1.165, 1.54) is 0 Å². The number of aromatic nitrogens is 2. The summed E-state index contributed by atoms with van der Waals surface area (Å²) in [5.74, 6) is 0.813. The fraction of sp³-hybridized carbons (Fsp3) is 0.111. The molecule has 25 heavy (non-hydrogen) atoms. The van der Waals surface area contributed by atoms with E-state index in [-0.39, 0.29) is 17.9 Å². The molecule has 3 aromatic rings. The summed E-state index contributed by atoms with van der Waals surface area (Å²) in [6.07, 6.45) is -1.15. The molecular weight excluding hydrogens is 331 g/mol. The van der Waals surface area contributed by atoms with E-state index in [4.69, 9.17) is 10.00 Å². The van der Waals surface area contributed by atoms with Crippen molar-refractivity contribution in [1.29, 1.82) is 5.26 Å². The first kappa shape index (κ1) is 16.6. The number of alkyl halides is 3. The van der Waals surface area contributed by atoms with Crippen molar-refractivity contribution in [3.05, 3.63) is 71.5 Å². The van der Waals surface area contributed by atoms with E-state index in [2.05, 4.69) is 9.97 Å². The van der Waals surface area contributed by atoms with Crippen LogP contribution in [0.1, 0.15) is 16.7 Å². The number of halogens is 3. The number of hydrogen-bond donors (Lipinski definition) is 1. The highest BCUT2D eigenvalue weighted by Crippen LogP contribution is 2.32. The average molecular weight is 343 g/mol. The number of aromatic amines is 1. The Balaban J connectivity index is 1.78. The van der Waals surface area contributed by atoms with Crippen LogP contribution in [0.25, 0.3) is 11.4 Å². The van der Waals surface area contributed by atoms with E-state index in [1.807, 2.05) is 24.3 Å². The number of H-pyrrole nitrogens is 1.